The van der Waals surface area contributed by atoms with Gasteiger partial charge in [-0.25, -0.2) is 9.59 Å². The van der Waals surface area contributed by atoms with Crippen LogP contribution in [0.25, 0.3) is 0 Å². The second kappa shape index (κ2) is 5.92. The Morgan fingerprint density at radius 2 is 1.75 bits per heavy atom. The number of likely N-dealkylation sites (N-methyl/N-ethyl adjacent to an activating group) is 1. The van der Waals surface area contributed by atoms with Gasteiger partial charge in [0.05, 0.1) is 23.4 Å². The van der Waals surface area contributed by atoms with E-state index in [9.17, 15) is 14.7 Å². The molecule has 0 radical (unpaired) electrons. The van der Waals surface area contributed by atoms with E-state index in [4.69, 9.17) is 5.11 Å². The molecule has 1 aromatic carbocycles. The second-order valence-corrected chi connectivity index (χ2v) is 5.33. The van der Waals surface area contributed by atoms with Crippen molar-refractivity contribution in [3.05, 3.63) is 29.8 Å². The number of anilines is 1. The van der Waals surface area contributed by atoms with E-state index in [0.29, 0.717) is 5.69 Å². The summed E-state index contributed by atoms with van der Waals surface area (Å²) in [6.07, 6.45) is 0. The lowest BCUT2D eigenvalue weighted by atomic mass is 10.1. The SMILES string of the molecule is CN(CC(C)(C)O)C(=O)N(C)c1ccccc1C(=O)O. The van der Waals surface area contributed by atoms with Crippen LogP contribution in [0.15, 0.2) is 24.3 Å². The van der Waals surface area contributed by atoms with Crippen molar-refractivity contribution in [3.8, 4) is 0 Å². The summed E-state index contributed by atoms with van der Waals surface area (Å²) in [5.74, 6) is -1.09. The molecule has 1 rings (SSSR count). The molecule has 6 nitrogen and oxygen atoms in total. The first-order valence-electron chi connectivity index (χ1n) is 6.17. The van der Waals surface area contributed by atoms with Crippen molar-refractivity contribution >= 4 is 17.7 Å². The van der Waals surface area contributed by atoms with Crippen LogP contribution in [0.2, 0.25) is 0 Å². The lowest BCUT2D eigenvalue weighted by Gasteiger charge is -2.30. The lowest BCUT2D eigenvalue weighted by Crippen LogP contribution is -2.45. The van der Waals surface area contributed by atoms with Crippen LogP contribution in [0.4, 0.5) is 10.5 Å². The number of carbonyl (C=O) groups is 2. The van der Waals surface area contributed by atoms with Crippen LogP contribution in [0, 0.1) is 0 Å². The first kappa shape index (κ1) is 16.0. The standard InChI is InChI=1S/C14H20N2O4/c1-14(2,20)9-15(3)13(19)16(4)11-8-6-5-7-10(11)12(17)18/h5-8,20H,9H2,1-4H3,(H,17,18). The van der Waals surface area contributed by atoms with E-state index in [2.05, 4.69) is 0 Å². The highest BCUT2D eigenvalue weighted by Crippen LogP contribution is 2.20. The number of carboxylic acid groups (broad SMARTS) is 1. The van der Waals surface area contributed by atoms with E-state index in [1.54, 1.807) is 39.1 Å². The third-order valence-corrected chi connectivity index (χ3v) is 2.73. The number of para-hydroxylation sites is 1. The molecular formula is C14H20N2O4. The summed E-state index contributed by atoms with van der Waals surface area (Å²) in [5.41, 5.74) is -0.648. The third kappa shape index (κ3) is 3.96. The maximum Gasteiger partial charge on any atom is 0.337 e. The van der Waals surface area contributed by atoms with Crippen LogP contribution in [0.3, 0.4) is 0 Å². The van der Waals surface area contributed by atoms with Crippen molar-refractivity contribution in [2.24, 2.45) is 0 Å². The summed E-state index contributed by atoms with van der Waals surface area (Å²) in [6, 6.07) is 5.89. The summed E-state index contributed by atoms with van der Waals surface area (Å²) in [5, 5.41) is 18.9. The normalized spacial score (nSPS) is 11.1. The summed E-state index contributed by atoms with van der Waals surface area (Å²) in [6.45, 7) is 3.34. The topological polar surface area (TPSA) is 81.1 Å². The first-order valence-corrected chi connectivity index (χ1v) is 6.17. The zero-order valence-corrected chi connectivity index (χ0v) is 12.1. The lowest BCUT2D eigenvalue weighted by molar-refractivity contribution is 0.0542. The zero-order chi connectivity index (χ0) is 15.5. The van der Waals surface area contributed by atoms with Crippen LogP contribution < -0.4 is 4.90 Å². The van der Waals surface area contributed by atoms with E-state index in [1.807, 2.05) is 0 Å². The highest BCUT2D eigenvalue weighted by atomic mass is 16.4. The Labute approximate surface area is 118 Å². The van der Waals surface area contributed by atoms with Gasteiger partial charge in [0.1, 0.15) is 0 Å². The second-order valence-electron chi connectivity index (χ2n) is 5.33. The number of carbonyl (C=O) groups excluding carboxylic acids is 1. The minimum atomic E-state index is -1.09. The summed E-state index contributed by atoms with van der Waals surface area (Å²) >= 11 is 0. The van der Waals surface area contributed by atoms with Crippen molar-refractivity contribution in [1.29, 1.82) is 0 Å². The molecule has 0 atom stereocenters. The van der Waals surface area contributed by atoms with Crippen molar-refractivity contribution in [2.75, 3.05) is 25.5 Å². The molecule has 0 heterocycles. The van der Waals surface area contributed by atoms with Gasteiger partial charge in [0.15, 0.2) is 0 Å². The molecule has 0 aliphatic heterocycles. The Morgan fingerprint density at radius 1 is 1.20 bits per heavy atom. The molecule has 0 saturated heterocycles. The highest BCUT2D eigenvalue weighted by molar-refractivity contribution is 6.01. The van der Waals surface area contributed by atoms with Gasteiger partial charge in [-0.15, -0.1) is 0 Å². The molecule has 6 heteroatoms. The molecule has 0 bridgehead atoms. The van der Waals surface area contributed by atoms with E-state index < -0.39 is 11.6 Å². The summed E-state index contributed by atoms with van der Waals surface area (Å²) in [7, 11) is 3.06. The Balaban J connectivity index is 2.98. The minimum Gasteiger partial charge on any atom is -0.478 e. The van der Waals surface area contributed by atoms with Gasteiger partial charge in [-0.2, -0.15) is 0 Å². The van der Waals surface area contributed by atoms with Crippen LogP contribution in [0.5, 0.6) is 0 Å². The van der Waals surface area contributed by atoms with Gasteiger partial charge in [-0.05, 0) is 26.0 Å². The van der Waals surface area contributed by atoms with Crippen LogP contribution in [0.1, 0.15) is 24.2 Å². The molecule has 0 spiro atoms. The summed E-state index contributed by atoms with van der Waals surface area (Å²) < 4.78 is 0. The maximum absolute atomic E-state index is 12.2. The Hall–Kier alpha value is -2.08. The molecule has 110 valence electrons. The zero-order valence-electron chi connectivity index (χ0n) is 12.1. The molecule has 0 aliphatic rings. The number of aliphatic hydroxyl groups is 1. The molecule has 2 N–H and O–H groups in total. The van der Waals surface area contributed by atoms with E-state index >= 15 is 0 Å². The number of nitrogens with zero attached hydrogens (tertiary/aromatic N) is 2. The predicted molar refractivity (Wildman–Crippen MR) is 76.1 cm³/mol. The fourth-order valence-corrected chi connectivity index (χ4v) is 1.95. The third-order valence-electron chi connectivity index (χ3n) is 2.73. The largest absolute Gasteiger partial charge is 0.478 e. The number of hydrogen-bond acceptors (Lipinski definition) is 3. The quantitative estimate of drug-likeness (QED) is 0.878. The van der Waals surface area contributed by atoms with E-state index in [-0.39, 0.29) is 18.1 Å². The minimum absolute atomic E-state index is 0.0556. The molecule has 0 unspecified atom stereocenters. The van der Waals surface area contributed by atoms with Gasteiger partial charge in [-0.3, -0.25) is 4.90 Å². The number of benzene rings is 1. The van der Waals surface area contributed by atoms with Crippen LogP contribution in [-0.4, -0.2) is 53.4 Å². The smallest absolute Gasteiger partial charge is 0.337 e. The number of rotatable bonds is 4. The number of hydrogen-bond donors (Lipinski definition) is 2. The number of aromatic carboxylic acids is 1. The molecule has 20 heavy (non-hydrogen) atoms. The van der Waals surface area contributed by atoms with Gasteiger partial charge in [-0.1, -0.05) is 12.1 Å². The maximum atomic E-state index is 12.2. The first-order chi connectivity index (χ1) is 9.13. The molecule has 0 saturated carbocycles. The highest BCUT2D eigenvalue weighted by Gasteiger charge is 2.24. The van der Waals surface area contributed by atoms with Crippen LogP contribution >= 0.6 is 0 Å². The van der Waals surface area contributed by atoms with Crippen molar-refractivity contribution in [2.45, 2.75) is 19.4 Å². The molecule has 1 aromatic rings. The van der Waals surface area contributed by atoms with Gasteiger partial charge < -0.3 is 15.1 Å². The van der Waals surface area contributed by atoms with E-state index in [0.717, 1.165) is 0 Å². The van der Waals surface area contributed by atoms with E-state index in [1.165, 1.54) is 22.9 Å². The van der Waals surface area contributed by atoms with Gasteiger partial charge in [0.25, 0.3) is 0 Å². The van der Waals surface area contributed by atoms with Crippen molar-refractivity contribution in [3.63, 3.8) is 0 Å². The molecule has 2 amide bonds. The molecule has 0 aromatic heterocycles. The van der Waals surface area contributed by atoms with Crippen molar-refractivity contribution < 1.29 is 19.8 Å². The van der Waals surface area contributed by atoms with Gasteiger partial charge in [0.2, 0.25) is 0 Å². The number of urea groups is 1. The number of carboxylic acids is 1. The predicted octanol–water partition coefficient (Wildman–Crippen LogP) is 1.64. The number of amides is 2. The van der Waals surface area contributed by atoms with Gasteiger partial charge >= 0.3 is 12.0 Å². The molecular weight excluding hydrogens is 260 g/mol. The fraction of sp³-hybridized carbons (Fsp3) is 0.429. The fourth-order valence-electron chi connectivity index (χ4n) is 1.95. The Bertz CT molecular complexity index is 508. The summed E-state index contributed by atoms with van der Waals surface area (Å²) in [4.78, 5) is 26.0. The van der Waals surface area contributed by atoms with Gasteiger partial charge in [0, 0.05) is 14.1 Å². The Morgan fingerprint density at radius 3 is 2.25 bits per heavy atom. The Kier molecular flexibility index (Phi) is 4.73. The average molecular weight is 280 g/mol. The average Bonchev–Trinajstić information content (AvgIpc) is 2.34. The molecule has 0 fully saturated rings. The molecule has 0 aliphatic carbocycles. The van der Waals surface area contributed by atoms with Crippen LogP contribution in [-0.2, 0) is 0 Å². The van der Waals surface area contributed by atoms with Crippen molar-refractivity contribution in [1.82, 2.24) is 4.90 Å². The monoisotopic (exact) mass is 280 g/mol.